The first-order valence-corrected chi connectivity index (χ1v) is 8.55. The molecule has 1 atom stereocenters. The number of carbonyl (C=O) groups excluding carboxylic acids is 1. The summed E-state index contributed by atoms with van der Waals surface area (Å²) < 4.78 is 1.75. The highest BCUT2D eigenvalue weighted by Gasteiger charge is 2.27. The largest absolute Gasteiger partial charge is 0.337 e. The van der Waals surface area contributed by atoms with Crippen LogP contribution in [0.25, 0.3) is 0 Å². The molecule has 1 unspecified atom stereocenters. The van der Waals surface area contributed by atoms with E-state index < -0.39 is 0 Å². The van der Waals surface area contributed by atoms with Crippen LogP contribution < -0.4 is 16.6 Å². The second-order valence-corrected chi connectivity index (χ2v) is 6.72. The molecule has 0 saturated carbocycles. The highest BCUT2D eigenvalue weighted by molar-refractivity contribution is 5.95. The normalized spacial score (nSPS) is 23.0. The van der Waals surface area contributed by atoms with Crippen LogP contribution in [0, 0.1) is 6.92 Å². The maximum absolute atomic E-state index is 12.9. The molecule has 1 aromatic rings. The summed E-state index contributed by atoms with van der Waals surface area (Å²) in [7, 11) is 0. The summed E-state index contributed by atoms with van der Waals surface area (Å²) in [6, 6.07) is 2.09. The molecular weight excluding hydrogens is 292 g/mol. The van der Waals surface area contributed by atoms with Gasteiger partial charge in [0.1, 0.15) is 5.56 Å². The molecule has 2 aliphatic heterocycles. The van der Waals surface area contributed by atoms with Crippen LogP contribution in [0.5, 0.6) is 0 Å². The van der Waals surface area contributed by atoms with Crippen molar-refractivity contribution in [2.24, 2.45) is 5.73 Å². The Bertz CT molecular complexity index is 634. The van der Waals surface area contributed by atoms with Crippen molar-refractivity contribution in [3.63, 3.8) is 0 Å². The number of hydrogen-bond donors (Lipinski definition) is 2. The van der Waals surface area contributed by atoms with Crippen LogP contribution in [0.3, 0.4) is 0 Å². The molecule has 0 aromatic carbocycles. The van der Waals surface area contributed by atoms with Crippen molar-refractivity contribution in [2.45, 2.75) is 44.7 Å². The maximum Gasteiger partial charge on any atom is 0.263 e. The predicted molar refractivity (Wildman–Crippen MR) is 89.7 cm³/mol. The standard InChI is InChI=1S/C17H26N4O2/c1-12-6-10-21(14-4-7-19-8-5-14)17(23)15(12)16(22)20-9-2-3-13(18)11-20/h6,10,13-14,19H,2-5,7-9,11,18H2,1H3. The lowest BCUT2D eigenvalue weighted by Crippen LogP contribution is -2.47. The topological polar surface area (TPSA) is 80.4 Å². The van der Waals surface area contributed by atoms with Gasteiger partial charge in [-0.3, -0.25) is 9.59 Å². The quantitative estimate of drug-likeness (QED) is 0.839. The molecule has 2 saturated heterocycles. The van der Waals surface area contributed by atoms with Gasteiger partial charge in [-0.2, -0.15) is 0 Å². The number of amides is 1. The summed E-state index contributed by atoms with van der Waals surface area (Å²) in [5, 5.41) is 3.30. The first-order valence-electron chi connectivity index (χ1n) is 8.55. The Morgan fingerprint density at radius 2 is 2.04 bits per heavy atom. The molecule has 1 aromatic heterocycles. The summed E-state index contributed by atoms with van der Waals surface area (Å²) in [5.41, 5.74) is 6.90. The Balaban J connectivity index is 1.91. The number of hydrogen-bond acceptors (Lipinski definition) is 4. The number of likely N-dealkylation sites (tertiary alicyclic amines) is 1. The number of aryl methyl sites for hydroxylation is 1. The second kappa shape index (κ2) is 6.84. The number of carbonyl (C=O) groups is 1. The molecule has 1 amide bonds. The molecular formula is C17H26N4O2. The minimum Gasteiger partial charge on any atom is -0.337 e. The highest BCUT2D eigenvalue weighted by Crippen LogP contribution is 2.18. The lowest BCUT2D eigenvalue weighted by molar-refractivity contribution is 0.0705. The zero-order chi connectivity index (χ0) is 16.4. The van der Waals surface area contributed by atoms with Gasteiger partial charge in [0.25, 0.3) is 11.5 Å². The average Bonchev–Trinajstić information content (AvgIpc) is 2.55. The minimum absolute atomic E-state index is 0.0170. The first kappa shape index (κ1) is 16.2. The molecule has 3 N–H and O–H groups in total. The lowest BCUT2D eigenvalue weighted by atomic mass is 10.0. The third-order valence-electron chi connectivity index (χ3n) is 4.99. The van der Waals surface area contributed by atoms with Gasteiger partial charge in [0, 0.05) is 31.4 Å². The van der Waals surface area contributed by atoms with Gasteiger partial charge in [0.2, 0.25) is 0 Å². The van der Waals surface area contributed by atoms with Gasteiger partial charge in [-0.25, -0.2) is 0 Å². The molecule has 0 bridgehead atoms. The van der Waals surface area contributed by atoms with E-state index in [1.54, 1.807) is 9.47 Å². The molecule has 6 heteroatoms. The summed E-state index contributed by atoms with van der Waals surface area (Å²) >= 11 is 0. The van der Waals surface area contributed by atoms with Crippen molar-refractivity contribution in [1.29, 1.82) is 0 Å². The van der Waals surface area contributed by atoms with Crippen LogP contribution in [0.1, 0.15) is 47.6 Å². The predicted octanol–water partition coefficient (Wildman–Crippen LogP) is 0.645. The summed E-state index contributed by atoms with van der Waals surface area (Å²) in [4.78, 5) is 27.5. The van der Waals surface area contributed by atoms with Crippen LogP contribution in [0.4, 0.5) is 0 Å². The van der Waals surface area contributed by atoms with Crippen molar-refractivity contribution in [2.75, 3.05) is 26.2 Å². The fraction of sp³-hybridized carbons (Fsp3) is 0.647. The Labute approximate surface area is 136 Å². The molecule has 0 radical (unpaired) electrons. The van der Waals surface area contributed by atoms with E-state index in [0.717, 1.165) is 44.3 Å². The van der Waals surface area contributed by atoms with Gasteiger partial charge >= 0.3 is 0 Å². The maximum atomic E-state index is 12.9. The first-order chi connectivity index (χ1) is 11.1. The number of pyridine rings is 1. The van der Waals surface area contributed by atoms with Crippen molar-refractivity contribution in [3.8, 4) is 0 Å². The lowest BCUT2D eigenvalue weighted by Gasteiger charge is -2.31. The van der Waals surface area contributed by atoms with E-state index in [2.05, 4.69) is 5.32 Å². The molecule has 0 aliphatic carbocycles. The average molecular weight is 318 g/mol. The number of nitrogens with zero attached hydrogens (tertiary/aromatic N) is 2. The van der Waals surface area contributed by atoms with Gasteiger partial charge in [0.05, 0.1) is 0 Å². The molecule has 126 valence electrons. The van der Waals surface area contributed by atoms with E-state index in [0.29, 0.717) is 18.7 Å². The monoisotopic (exact) mass is 318 g/mol. The summed E-state index contributed by atoms with van der Waals surface area (Å²) in [5.74, 6) is -0.161. The van der Waals surface area contributed by atoms with E-state index in [4.69, 9.17) is 5.73 Å². The number of rotatable bonds is 2. The van der Waals surface area contributed by atoms with Gasteiger partial charge in [-0.05, 0) is 57.3 Å². The molecule has 2 fully saturated rings. The molecule has 23 heavy (non-hydrogen) atoms. The fourth-order valence-electron chi connectivity index (χ4n) is 3.63. The Morgan fingerprint density at radius 3 is 2.74 bits per heavy atom. The smallest absolute Gasteiger partial charge is 0.263 e. The summed E-state index contributed by atoms with van der Waals surface area (Å²) in [6.07, 6.45) is 5.53. The zero-order valence-electron chi connectivity index (χ0n) is 13.8. The number of aromatic nitrogens is 1. The Kier molecular flexibility index (Phi) is 4.82. The fourth-order valence-corrected chi connectivity index (χ4v) is 3.63. The highest BCUT2D eigenvalue weighted by atomic mass is 16.2. The van der Waals surface area contributed by atoms with Crippen molar-refractivity contribution in [3.05, 3.63) is 33.7 Å². The molecule has 3 rings (SSSR count). The van der Waals surface area contributed by atoms with Gasteiger partial charge in [0.15, 0.2) is 0 Å². The SMILES string of the molecule is Cc1ccn(C2CCNCC2)c(=O)c1C(=O)N1CCCC(N)C1. The van der Waals surface area contributed by atoms with Crippen LogP contribution in [-0.2, 0) is 0 Å². The molecule has 2 aliphatic rings. The van der Waals surface area contributed by atoms with Crippen molar-refractivity contribution in [1.82, 2.24) is 14.8 Å². The van der Waals surface area contributed by atoms with Crippen LogP contribution >= 0.6 is 0 Å². The third-order valence-corrected chi connectivity index (χ3v) is 4.99. The Morgan fingerprint density at radius 1 is 1.30 bits per heavy atom. The van der Waals surface area contributed by atoms with Crippen molar-refractivity contribution < 1.29 is 4.79 Å². The van der Waals surface area contributed by atoms with E-state index in [-0.39, 0.29) is 23.6 Å². The second-order valence-electron chi connectivity index (χ2n) is 6.72. The Hall–Kier alpha value is -1.66. The van der Waals surface area contributed by atoms with Crippen LogP contribution in [-0.4, -0.2) is 47.6 Å². The van der Waals surface area contributed by atoms with E-state index in [9.17, 15) is 9.59 Å². The van der Waals surface area contributed by atoms with Gasteiger partial charge < -0.3 is 20.5 Å². The van der Waals surface area contributed by atoms with Crippen LogP contribution in [0.15, 0.2) is 17.1 Å². The number of piperidine rings is 2. The number of nitrogens with one attached hydrogen (secondary N) is 1. The van der Waals surface area contributed by atoms with Crippen molar-refractivity contribution >= 4 is 5.91 Å². The molecule has 0 spiro atoms. The summed E-state index contributed by atoms with van der Waals surface area (Å²) in [6.45, 7) is 4.89. The molecule has 6 nitrogen and oxygen atoms in total. The van der Waals surface area contributed by atoms with Gasteiger partial charge in [-0.15, -0.1) is 0 Å². The minimum atomic E-state index is -0.161. The number of nitrogens with two attached hydrogens (primary N) is 1. The van der Waals surface area contributed by atoms with E-state index >= 15 is 0 Å². The molecule has 3 heterocycles. The zero-order valence-corrected chi connectivity index (χ0v) is 13.8. The van der Waals surface area contributed by atoms with E-state index in [1.807, 2.05) is 19.2 Å². The third kappa shape index (κ3) is 3.33. The van der Waals surface area contributed by atoms with Crippen LogP contribution in [0.2, 0.25) is 0 Å². The van der Waals surface area contributed by atoms with E-state index in [1.165, 1.54) is 0 Å². The van der Waals surface area contributed by atoms with Gasteiger partial charge in [-0.1, -0.05) is 0 Å².